The zero-order valence-electron chi connectivity index (χ0n) is 11.9. The van der Waals surface area contributed by atoms with Crippen molar-refractivity contribution in [1.29, 1.82) is 0 Å². The van der Waals surface area contributed by atoms with E-state index in [0.717, 1.165) is 5.56 Å². The first-order valence-corrected chi connectivity index (χ1v) is 6.13. The Morgan fingerprint density at radius 3 is 1.59 bits per heavy atom. The van der Waals surface area contributed by atoms with Gasteiger partial charge in [0.25, 0.3) is 0 Å². The summed E-state index contributed by atoms with van der Waals surface area (Å²) in [5.41, 5.74) is 4.06. The number of benzene rings is 1. The van der Waals surface area contributed by atoms with Gasteiger partial charge in [0.2, 0.25) is 6.54 Å². The third-order valence-electron chi connectivity index (χ3n) is 2.99. The molecule has 0 N–H and O–H groups in total. The van der Waals surface area contributed by atoms with Gasteiger partial charge in [0.15, 0.2) is 0 Å². The lowest BCUT2D eigenvalue weighted by Gasteiger charge is -2.25. The minimum Gasteiger partial charge on any atom is -0.312 e. The van der Waals surface area contributed by atoms with E-state index in [9.17, 15) is 0 Å². The molecule has 1 heteroatoms. The van der Waals surface area contributed by atoms with Crippen LogP contribution >= 0.6 is 0 Å². The lowest BCUT2D eigenvalue weighted by Crippen LogP contribution is -2.16. The maximum Gasteiger partial charge on any atom is 0.239 e. The molecule has 1 rings (SSSR count). The largest absolute Gasteiger partial charge is 0.312 e. The van der Waals surface area contributed by atoms with Crippen molar-refractivity contribution in [3.63, 3.8) is 0 Å². The first-order valence-electron chi connectivity index (χ1n) is 6.13. The number of nitrogens with zero attached hydrogens (tertiary/aromatic N) is 1. The van der Waals surface area contributed by atoms with Crippen LogP contribution in [-0.4, -0.2) is 0 Å². The van der Waals surface area contributed by atoms with Crippen molar-refractivity contribution < 1.29 is 0 Å². The Morgan fingerprint density at radius 2 is 1.29 bits per heavy atom. The van der Waals surface area contributed by atoms with Crippen LogP contribution in [0.3, 0.4) is 0 Å². The highest BCUT2D eigenvalue weighted by Crippen LogP contribution is 2.30. The van der Waals surface area contributed by atoms with Gasteiger partial charge >= 0.3 is 0 Å². The summed E-state index contributed by atoms with van der Waals surface area (Å²) in [7, 11) is 0. The molecule has 1 aromatic rings. The molecule has 0 aliphatic rings. The van der Waals surface area contributed by atoms with Crippen LogP contribution in [0.1, 0.15) is 58.2 Å². The molecule has 0 atom stereocenters. The molecule has 0 saturated carbocycles. The molecule has 17 heavy (non-hydrogen) atoms. The van der Waals surface area contributed by atoms with Gasteiger partial charge in [-0.05, 0) is 34.1 Å². The fourth-order valence-corrected chi connectivity index (χ4v) is 1.74. The Balaban J connectivity index is 3.35. The van der Waals surface area contributed by atoms with Crippen molar-refractivity contribution >= 4 is 0 Å². The second kappa shape index (κ2) is 4.53. The van der Waals surface area contributed by atoms with E-state index in [1.54, 1.807) is 0 Å². The van der Waals surface area contributed by atoms with Gasteiger partial charge in [0, 0.05) is 5.56 Å². The molecular formula is C16H23N. The molecule has 0 heterocycles. The van der Waals surface area contributed by atoms with Crippen LogP contribution in [-0.2, 0) is 17.4 Å². The highest BCUT2D eigenvalue weighted by atomic mass is 14.6. The number of hydrogen-bond donors (Lipinski definition) is 0. The molecule has 0 amide bonds. The third kappa shape index (κ3) is 3.60. The second-order valence-corrected chi connectivity index (χ2v) is 6.73. The van der Waals surface area contributed by atoms with Gasteiger partial charge in [-0.15, -0.1) is 0 Å². The molecule has 0 bridgehead atoms. The molecule has 0 aliphatic carbocycles. The highest BCUT2D eigenvalue weighted by Gasteiger charge is 2.20. The van der Waals surface area contributed by atoms with Crippen molar-refractivity contribution in [2.24, 2.45) is 0 Å². The van der Waals surface area contributed by atoms with Crippen LogP contribution in [0.2, 0.25) is 0 Å². The molecule has 0 aliphatic heterocycles. The van der Waals surface area contributed by atoms with Crippen LogP contribution in [0.4, 0.5) is 0 Å². The van der Waals surface area contributed by atoms with E-state index in [2.05, 4.69) is 64.6 Å². The Kier molecular flexibility index (Phi) is 3.67. The maximum absolute atomic E-state index is 7.02. The summed E-state index contributed by atoms with van der Waals surface area (Å²) in [6, 6.07) is 6.63. The number of hydrogen-bond acceptors (Lipinski definition) is 0. The Bertz CT molecular complexity index is 404. The van der Waals surface area contributed by atoms with Crippen molar-refractivity contribution in [3.8, 4) is 0 Å². The molecule has 0 unspecified atom stereocenters. The van der Waals surface area contributed by atoms with Crippen LogP contribution in [0.25, 0.3) is 4.85 Å². The van der Waals surface area contributed by atoms with Gasteiger partial charge < -0.3 is 4.85 Å². The summed E-state index contributed by atoms with van der Waals surface area (Å²) in [6.45, 7) is 20.8. The topological polar surface area (TPSA) is 4.36 Å². The maximum atomic E-state index is 7.02. The van der Waals surface area contributed by atoms with Crippen molar-refractivity contribution in [1.82, 2.24) is 0 Å². The Morgan fingerprint density at radius 1 is 0.882 bits per heavy atom. The highest BCUT2D eigenvalue weighted by molar-refractivity contribution is 5.37. The van der Waals surface area contributed by atoms with Crippen molar-refractivity contribution in [2.45, 2.75) is 58.9 Å². The number of rotatable bonds is 1. The fourth-order valence-electron chi connectivity index (χ4n) is 1.74. The van der Waals surface area contributed by atoms with E-state index in [4.69, 9.17) is 6.57 Å². The molecular weight excluding hydrogens is 206 g/mol. The average Bonchev–Trinajstić information content (AvgIpc) is 2.15. The van der Waals surface area contributed by atoms with Gasteiger partial charge in [-0.3, -0.25) is 0 Å². The Hall–Kier alpha value is -1.29. The summed E-state index contributed by atoms with van der Waals surface area (Å²) in [4.78, 5) is 3.50. The molecule has 0 saturated heterocycles. The average molecular weight is 229 g/mol. The summed E-state index contributed by atoms with van der Waals surface area (Å²) < 4.78 is 0. The quantitative estimate of drug-likeness (QED) is 0.615. The summed E-state index contributed by atoms with van der Waals surface area (Å²) in [5, 5.41) is 0. The van der Waals surface area contributed by atoms with Gasteiger partial charge in [-0.1, -0.05) is 47.6 Å². The molecule has 1 aromatic carbocycles. The lowest BCUT2D eigenvalue weighted by molar-refractivity contribution is 0.567. The van der Waals surface area contributed by atoms with Gasteiger partial charge in [-0.2, -0.15) is 0 Å². The lowest BCUT2D eigenvalue weighted by atomic mass is 9.79. The summed E-state index contributed by atoms with van der Waals surface area (Å²) >= 11 is 0. The van der Waals surface area contributed by atoms with Gasteiger partial charge in [-0.25, -0.2) is 6.57 Å². The van der Waals surface area contributed by atoms with Crippen molar-refractivity contribution in [3.05, 3.63) is 46.3 Å². The monoisotopic (exact) mass is 229 g/mol. The SMILES string of the molecule is [C-]#[N+]Cc1cc(C(C)(C)C)cc(C(C)(C)C)c1. The zero-order valence-corrected chi connectivity index (χ0v) is 11.9. The first-order chi connectivity index (χ1) is 7.64. The van der Waals surface area contributed by atoms with Gasteiger partial charge in [0.05, 0.1) is 0 Å². The molecule has 1 nitrogen and oxygen atoms in total. The van der Waals surface area contributed by atoms with E-state index in [1.165, 1.54) is 11.1 Å². The molecule has 0 radical (unpaired) electrons. The Labute approximate surface area is 106 Å². The summed E-state index contributed by atoms with van der Waals surface area (Å²) in [6.07, 6.45) is 0. The minimum absolute atomic E-state index is 0.137. The standard InChI is InChI=1S/C16H23N/c1-15(2,3)13-8-12(11-17-7)9-14(10-13)16(4,5)6/h8-10H,11H2,1-6H3. The molecule has 0 aromatic heterocycles. The molecule has 0 spiro atoms. The fraction of sp³-hybridized carbons (Fsp3) is 0.562. The smallest absolute Gasteiger partial charge is 0.239 e. The van der Waals surface area contributed by atoms with E-state index in [-0.39, 0.29) is 10.8 Å². The van der Waals surface area contributed by atoms with E-state index in [1.807, 2.05) is 0 Å². The summed E-state index contributed by atoms with van der Waals surface area (Å²) in [5.74, 6) is 0. The first kappa shape index (κ1) is 13.8. The van der Waals surface area contributed by atoms with Crippen molar-refractivity contribution in [2.75, 3.05) is 0 Å². The molecule has 92 valence electrons. The minimum atomic E-state index is 0.137. The third-order valence-corrected chi connectivity index (χ3v) is 2.99. The normalized spacial score (nSPS) is 12.3. The second-order valence-electron chi connectivity index (χ2n) is 6.73. The van der Waals surface area contributed by atoms with Crippen LogP contribution in [0, 0.1) is 6.57 Å². The van der Waals surface area contributed by atoms with E-state index >= 15 is 0 Å². The van der Waals surface area contributed by atoms with E-state index < -0.39 is 0 Å². The van der Waals surface area contributed by atoms with Crippen LogP contribution in [0.5, 0.6) is 0 Å². The van der Waals surface area contributed by atoms with Crippen LogP contribution in [0.15, 0.2) is 18.2 Å². The zero-order chi connectivity index (χ0) is 13.3. The predicted molar refractivity (Wildman–Crippen MR) is 74.1 cm³/mol. The van der Waals surface area contributed by atoms with Gasteiger partial charge in [0.1, 0.15) is 0 Å². The van der Waals surface area contributed by atoms with E-state index in [0.29, 0.717) is 6.54 Å². The predicted octanol–water partition coefficient (Wildman–Crippen LogP) is 4.70. The van der Waals surface area contributed by atoms with Crippen LogP contribution < -0.4 is 0 Å². The molecule has 0 fully saturated rings.